The minimum atomic E-state index is -0.333. The molecule has 0 saturated carbocycles. The lowest BCUT2D eigenvalue weighted by Crippen LogP contribution is -2.52. The van der Waals surface area contributed by atoms with Gasteiger partial charge in [0.25, 0.3) is 5.91 Å². The van der Waals surface area contributed by atoms with Crippen molar-refractivity contribution in [2.45, 2.75) is 58.0 Å². The summed E-state index contributed by atoms with van der Waals surface area (Å²) in [5.74, 6) is 0.0519. The van der Waals surface area contributed by atoms with E-state index >= 15 is 0 Å². The second-order valence-electron chi connectivity index (χ2n) is 10.1. The first-order valence-corrected chi connectivity index (χ1v) is 11.0. The zero-order valence-corrected chi connectivity index (χ0v) is 19.1. The van der Waals surface area contributed by atoms with E-state index in [0.29, 0.717) is 0 Å². The smallest absolute Gasteiger partial charge is 0.258 e. The molecule has 1 aliphatic rings. The fourth-order valence-corrected chi connectivity index (χ4v) is 4.50. The topological polar surface area (TPSA) is 32.3 Å². The molecular formula is C28H32N2O. The molecule has 0 fully saturated rings. The summed E-state index contributed by atoms with van der Waals surface area (Å²) in [5.41, 5.74) is 4.92. The zero-order chi connectivity index (χ0) is 22.2. The lowest BCUT2D eigenvalue weighted by molar-refractivity contribution is 0.0954. The van der Waals surface area contributed by atoms with E-state index in [2.05, 4.69) is 82.4 Å². The third-order valence-corrected chi connectivity index (χ3v) is 6.18. The first kappa shape index (κ1) is 21.2. The Labute approximate surface area is 186 Å². The van der Waals surface area contributed by atoms with Crippen molar-refractivity contribution in [3.05, 3.63) is 95.6 Å². The maximum absolute atomic E-state index is 13.7. The average Bonchev–Trinajstić information content (AvgIpc) is 2.73. The third kappa shape index (κ3) is 4.23. The van der Waals surface area contributed by atoms with Crippen LogP contribution in [-0.2, 0) is 5.41 Å². The second kappa shape index (κ2) is 7.88. The van der Waals surface area contributed by atoms with Gasteiger partial charge in [-0.2, -0.15) is 0 Å². The Balaban J connectivity index is 1.70. The average molecular weight is 413 g/mol. The SMILES string of the molecule is CC(C)(C)c1ccc(C(=O)N2c3ccccc3[C@H](Nc3ccccc3)CC2(C)C)cc1. The van der Waals surface area contributed by atoms with Crippen LogP contribution in [0.2, 0.25) is 0 Å². The Bertz CT molecular complexity index is 1060. The van der Waals surface area contributed by atoms with Crippen LogP contribution >= 0.6 is 0 Å². The Kier molecular flexibility index (Phi) is 5.38. The summed E-state index contributed by atoms with van der Waals surface area (Å²) in [4.78, 5) is 15.7. The summed E-state index contributed by atoms with van der Waals surface area (Å²) < 4.78 is 0. The van der Waals surface area contributed by atoms with E-state index in [0.717, 1.165) is 28.9 Å². The highest BCUT2D eigenvalue weighted by atomic mass is 16.2. The number of anilines is 2. The van der Waals surface area contributed by atoms with Gasteiger partial charge < -0.3 is 10.2 Å². The monoisotopic (exact) mass is 412 g/mol. The standard InChI is InChI=1S/C28H32N2O/c1-27(2,3)21-17-15-20(16-18-21)26(31)30-25-14-10-9-13-23(25)24(19-28(30,4)5)29-22-11-7-6-8-12-22/h6-18,24,29H,19H2,1-5H3/t24-/m1/s1. The number of carbonyl (C=O) groups is 1. The number of nitrogens with zero attached hydrogens (tertiary/aromatic N) is 1. The number of hydrogen-bond acceptors (Lipinski definition) is 2. The summed E-state index contributed by atoms with van der Waals surface area (Å²) in [6.07, 6.45) is 0.824. The largest absolute Gasteiger partial charge is 0.378 e. The number of carbonyl (C=O) groups excluding carboxylic acids is 1. The molecule has 0 unspecified atom stereocenters. The molecule has 1 atom stereocenters. The number of amides is 1. The summed E-state index contributed by atoms with van der Waals surface area (Å²) in [5, 5.41) is 3.68. The van der Waals surface area contributed by atoms with Crippen molar-refractivity contribution in [1.29, 1.82) is 0 Å². The van der Waals surface area contributed by atoms with Crippen molar-refractivity contribution in [2.24, 2.45) is 0 Å². The van der Waals surface area contributed by atoms with E-state index in [4.69, 9.17) is 0 Å². The zero-order valence-electron chi connectivity index (χ0n) is 19.1. The van der Waals surface area contributed by atoms with E-state index in [9.17, 15) is 4.79 Å². The molecule has 4 rings (SSSR count). The van der Waals surface area contributed by atoms with Gasteiger partial charge in [-0.3, -0.25) is 4.79 Å². The number of fused-ring (bicyclic) bond motifs is 1. The molecule has 0 aromatic heterocycles. The van der Waals surface area contributed by atoms with Crippen LogP contribution in [0.1, 0.15) is 68.6 Å². The highest BCUT2D eigenvalue weighted by Gasteiger charge is 2.41. The molecule has 0 aliphatic carbocycles. The van der Waals surface area contributed by atoms with Crippen LogP contribution in [0.4, 0.5) is 11.4 Å². The molecule has 3 nitrogen and oxygen atoms in total. The van der Waals surface area contributed by atoms with Gasteiger partial charge >= 0.3 is 0 Å². The fraction of sp³-hybridized carbons (Fsp3) is 0.321. The van der Waals surface area contributed by atoms with Crippen LogP contribution in [0.5, 0.6) is 0 Å². The van der Waals surface area contributed by atoms with Gasteiger partial charge in [0.2, 0.25) is 0 Å². The van der Waals surface area contributed by atoms with Crippen molar-refractivity contribution >= 4 is 17.3 Å². The van der Waals surface area contributed by atoms with Crippen LogP contribution in [-0.4, -0.2) is 11.4 Å². The minimum Gasteiger partial charge on any atom is -0.378 e. The molecule has 0 spiro atoms. The highest BCUT2D eigenvalue weighted by Crippen LogP contribution is 2.44. The molecular weight excluding hydrogens is 380 g/mol. The van der Waals surface area contributed by atoms with Crippen LogP contribution in [0.3, 0.4) is 0 Å². The molecule has 1 N–H and O–H groups in total. The van der Waals surface area contributed by atoms with Crippen molar-refractivity contribution in [2.75, 3.05) is 10.2 Å². The molecule has 31 heavy (non-hydrogen) atoms. The first-order valence-electron chi connectivity index (χ1n) is 11.0. The van der Waals surface area contributed by atoms with Crippen LogP contribution in [0, 0.1) is 0 Å². The van der Waals surface area contributed by atoms with Crippen molar-refractivity contribution in [3.63, 3.8) is 0 Å². The van der Waals surface area contributed by atoms with Crippen LogP contribution in [0.25, 0.3) is 0 Å². The van der Waals surface area contributed by atoms with Gasteiger partial charge in [-0.25, -0.2) is 0 Å². The number of para-hydroxylation sites is 2. The fourth-order valence-electron chi connectivity index (χ4n) is 4.50. The normalized spacial score (nSPS) is 17.7. The summed E-state index contributed by atoms with van der Waals surface area (Å²) >= 11 is 0. The van der Waals surface area contributed by atoms with E-state index in [1.807, 2.05) is 41.3 Å². The lowest BCUT2D eigenvalue weighted by atomic mass is 9.82. The molecule has 0 radical (unpaired) electrons. The van der Waals surface area contributed by atoms with Crippen molar-refractivity contribution in [3.8, 4) is 0 Å². The molecule has 0 bridgehead atoms. The Morgan fingerprint density at radius 3 is 2.16 bits per heavy atom. The van der Waals surface area contributed by atoms with Crippen LogP contribution < -0.4 is 10.2 Å². The summed E-state index contributed by atoms with van der Waals surface area (Å²) in [6.45, 7) is 10.9. The van der Waals surface area contributed by atoms with Gasteiger partial charge in [-0.05, 0) is 67.1 Å². The molecule has 3 heteroatoms. The van der Waals surface area contributed by atoms with Gasteiger partial charge in [-0.1, -0.05) is 69.3 Å². The molecule has 0 saturated heterocycles. The Morgan fingerprint density at radius 1 is 0.903 bits per heavy atom. The van der Waals surface area contributed by atoms with E-state index in [1.54, 1.807) is 0 Å². The molecule has 1 heterocycles. The van der Waals surface area contributed by atoms with Gasteiger partial charge in [0.1, 0.15) is 0 Å². The van der Waals surface area contributed by atoms with Crippen molar-refractivity contribution < 1.29 is 4.79 Å². The van der Waals surface area contributed by atoms with Crippen molar-refractivity contribution in [1.82, 2.24) is 0 Å². The molecule has 1 aliphatic heterocycles. The Morgan fingerprint density at radius 2 is 1.52 bits per heavy atom. The highest BCUT2D eigenvalue weighted by molar-refractivity contribution is 6.08. The van der Waals surface area contributed by atoms with Gasteiger partial charge in [-0.15, -0.1) is 0 Å². The number of benzene rings is 3. The second-order valence-corrected chi connectivity index (χ2v) is 10.1. The molecule has 160 valence electrons. The van der Waals surface area contributed by atoms with Gasteiger partial charge in [0, 0.05) is 22.5 Å². The van der Waals surface area contributed by atoms with E-state index < -0.39 is 0 Å². The number of hydrogen-bond donors (Lipinski definition) is 1. The van der Waals surface area contributed by atoms with E-state index in [1.165, 1.54) is 5.56 Å². The first-order chi connectivity index (χ1) is 14.7. The summed E-state index contributed by atoms with van der Waals surface area (Å²) in [6, 6.07) is 26.8. The third-order valence-electron chi connectivity index (χ3n) is 6.18. The predicted octanol–water partition coefficient (Wildman–Crippen LogP) is 6.97. The molecule has 1 amide bonds. The van der Waals surface area contributed by atoms with E-state index in [-0.39, 0.29) is 22.9 Å². The molecule has 3 aromatic rings. The predicted molar refractivity (Wildman–Crippen MR) is 130 cm³/mol. The maximum Gasteiger partial charge on any atom is 0.258 e. The van der Waals surface area contributed by atoms with Crippen LogP contribution in [0.15, 0.2) is 78.9 Å². The maximum atomic E-state index is 13.7. The number of rotatable bonds is 3. The minimum absolute atomic E-state index is 0.0519. The lowest BCUT2D eigenvalue weighted by Gasteiger charge is -2.47. The quantitative estimate of drug-likeness (QED) is 0.504. The Hall–Kier alpha value is -3.07. The van der Waals surface area contributed by atoms with Gasteiger partial charge in [0.15, 0.2) is 0 Å². The van der Waals surface area contributed by atoms with Gasteiger partial charge in [0.05, 0.1) is 6.04 Å². The number of nitrogens with one attached hydrogen (secondary N) is 1. The summed E-state index contributed by atoms with van der Waals surface area (Å²) in [7, 11) is 0. The molecule has 3 aromatic carbocycles.